The number of aryl methyl sites for hydroxylation is 1. The molecular weight excluding hydrogens is 246 g/mol. The molecule has 3 nitrogen and oxygen atoms in total. The third kappa shape index (κ3) is 1.30. The van der Waals surface area contributed by atoms with Crippen LogP contribution < -0.4 is 5.73 Å². The van der Waals surface area contributed by atoms with E-state index in [0.717, 1.165) is 30.4 Å². The van der Waals surface area contributed by atoms with E-state index in [1.165, 1.54) is 0 Å². The maximum atomic E-state index is 11.0. The molecule has 0 bridgehead atoms. The van der Waals surface area contributed by atoms with Gasteiger partial charge >= 0.3 is 5.97 Å². The minimum Gasteiger partial charge on any atom is -0.478 e. The first-order valence-electron chi connectivity index (χ1n) is 4.44. The fourth-order valence-electron chi connectivity index (χ4n) is 1.97. The van der Waals surface area contributed by atoms with Crippen molar-refractivity contribution >= 4 is 27.6 Å². The average molecular weight is 256 g/mol. The van der Waals surface area contributed by atoms with Gasteiger partial charge in [0.05, 0.1) is 11.3 Å². The molecule has 0 amide bonds. The lowest BCUT2D eigenvalue weighted by atomic mass is 10.0. The Kier molecular flexibility index (Phi) is 2.23. The van der Waals surface area contributed by atoms with Crippen molar-refractivity contribution < 1.29 is 9.90 Å². The minimum absolute atomic E-state index is 0.284. The fraction of sp³-hybridized carbons (Fsp3) is 0.300. The molecule has 1 aliphatic carbocycles. The van der Waals surface area contributed by atoms with Gasteiger partial charge in [-0.2, -0.15) is 0 Å². The molecule has 0 atom stereocenters. The maximum absolute atomic E-state index is 11.0. The van der Waals surface area contributed by atoms with Crippen LogP contribution in [0.4, 0.5) is 5.69 Å². The second kappa shape index (κ2) is 3.28. The number of hydrogen-bond donors (Lipinski definition) is 2. The lowest BCUT2D eigenvalue weighted by Crippen LogP contribution is -2.07. The lowest BCUT2D eigenvalue weighted by Gasteiger charge is -2.09. The van der Waals surface area contributed by atoms with Gasteiger partial charge in [0.2, 0.25) is 0 Å². The van der Waals surface area contributed by atoms with Crippen LogP contribution in [-0.2, 0) is 12.8 Å². The highest BCUT2D eigenvalue weighted by Gasteiger charge is 2.23. The second-order valence-electron chi connectivity index (χ2n) is 3.44. The zero-order valence-electron chi connectivity index (χ0n) is 7.51. The summed E-state index contributed by atoms with van der Waals surface area (Å²) in [7, 11) is 0. The number of hydrogen-bond acceptors (Lipinski definition) is 2. The Morgan fingerprint density at radius 3 is 2.86 bits per heavy atom. The van der Waals surface area contributed by atoms with Crippen molar-refractivity contribution in [1.29, 1.82) is 0 Å². The van der Waals surface area contributed by atoms with E-state index < -0.39 is 5.97 Å². The van der Waals surface area contributed by atoms with Crippen LogP contribution >= 0.6 is 15.9 Å². The quantitative estimate of drug-likeness (QED) is 0.757. The first-order chi connectivity index (χ1) is 6.61. The molecule has 0 radical (unpaired) electrons. The molecule has 0 spiro atoms. The topological polar surface area (TPSA) is 63.3 Å². The number of halogens is 1. The number of aromatic carboxylic acids is 1. The average Bonchev–Trinajstić information content (AvgIpc) is 2.52. The summed E-state index contributed by atoms with van der Waals surface area (Å²) in [6, 6.07) is 1.93. The fourth-order valence-corrected chi connectivity index (χ4v) is 2.44. The van der Waals surface area contributed by atoms with Crippen molar-refractivity contribution in [2.24, 2.45) is 0 Å². The Morgan fingerprint density at radius 2 is 2.21 bits per heavy atom. The van der Waals surface area contributed by atoms with Crippen LogP contribution in [-0.4, -0.2) is 11.1 Å². The molecule has 1 aliphatic rings. The molecular formula is C10H10BrNO2. The van der Waals surface area contributed by atoms with Crippen molar-refractivity contribution in [3.63, 3.8) is 0 Å². The molecule has 0 saturated heterocycles. The predicted octanol–water partition coefficient (Wildman–Crippen LogP) is 2.22. The highest BCUT2D eigenvalue weighted by molar-refractivity contribution is 9.10. The zero-order valence-corrected chi connectivity index (χ0v) is 9.10. The molecule has 0 aromatic heterocycles. The number of anilines is 1. The van der Waals surface area contributed by atoms with Gasteiger partial charge in [-0.3, -0.25) is 0 Å². The van der Waals surface area contributed by atoms with Crippen molar-refractivity contribution in [2.45, 2.75) is 19.3 Å². The number of carboxylic acids is 1. The summed E-state index contributed by atoms with van der Waals surface area (Å²) in [6.45, 7) is 0. The van der Waals surface area contributed by atoms with Crippen LogP contribution in [0, 0.1) is 0 Å². The number of benzene rings is 1. The molecule has 3 N–H and O–H groups in total. The van der Waals surface area contributed by atoms with Crippen LogP contribution in [0.3, 0.4) is 0 Å². The van der Waals surface area contributed by atoms with Crippen LogP contribution in [0.25, 0.3) is 0 Å². The summed E-state index contributed by atoms with van der Waals surface area (Å²) in [6.07, 6.45) is 2.80. The molecule has 0 saturated carbocycles. The highest BCUT2D eigenvalue weighted by Crippen LogP contribution is 2.34. The summed E-state index contributed by atoms with van der Waals surface area (Å²) < 4.78 is 0.690. The number of rotatable bonds is 1. The SMILES string of the molecule is Nc1c(Br)cc2c(c1C(=O)O)CCC2. The van der Waals surface area contributed by atoms with E-state index >= 15 is 0 Å². The smallest absolute Gasteiger partial charge is 0.338 e. The highest BCUT2D eigenvalue weighted by atomic mass is 79.9. The molecule has 1 aromatic rings. The third-order valence-electron chi connectivity index (χ3n) is 2.60. The van der Waals surface area contributed by atoms with Gasteiger partial charge in [-0.25, -0.2) is 4.79 Å². The summed E-state index contributed by atoms with van der Waals surface area (Å²) >= 11 is 3.28. The number of carboxylic acid groups (broad SMARTS) is 1. The van der Waals surface area contributed by atoms with E-state index in [0.29, 0.717) is 10.2 Å². The van der Waals surface area contributed by atoms with E-state index in [1.807, 2.05) is 6.07 Å². The molecule has 1 aromatic carbocycles. The zero-order chi connectivity index (χ0) is 10.3. The second-order valence-corrected chi connectivity index (χ2v) is 4.30. The van der Waals surface area contributed by atoms with E-state index in [-0.39, 0.29) is 5.56 Å². The molecule has 0 aliphatic heterocycles. The molecule has 14 heavy (non-hydrogen) atoms. The van der Waals surface area contributed by atoms with Crippen molar-refractivity contribution in [3.8, 4) is 0 Å². The Hall–Kier alpha value is -1.03. The van der Waals surface area contributed by atoms with Gasteiger partial charge in [0.25, 0.3) is 0 Å². The normalized spacial score (nSPS) is 14.1. The van der Waals surface area contributed by atoms with Gasteiger partial charge < -0.3 is 10.8 Å². The third-order valence-corrected chi connectivity index (χ3v) is 3.26. The number of nitrogen functional groups attached to an aromatic ring is 1. The van der Waals surface area contributed by atoms with Crippen molar-refractivity contribution in [2.75, 3.05) is 5.73 Å². The van der Waals surface area contributed by atoms with Crippen LogP contribution in [0.15, 0.2) is 10.5 Å². The van der Waals surface area contributed by atoms with Gasteiger partial charge in [-0.1, -0.05) is 0 Å². The molecule has 4 heteroatoms. The minimum atomic E-state index is -0.929. The van der Waals surface area contributed by atoms with Gasteiger partial charge in [0.1, 0.15) is 0 Å². The first kappa shape index (κ1) is 9.52. The molecule has 0 unspecified atom stereocenters. The van der Waals surface area contributed by atoms with E-state index in [2.05, 4.69) is 15.9 Å². The maximum Gasteiger partial charge on any atom is 0.338 e. The Morgan fingerprint density at radius 1 is 1.50 bits per heavy atom. The van der Waals surface area contributed by atoms with Crippen molar-refractivity contribution in [3.05, 3.63) is 27.2 Å². The number of nitrogens with two attached hydrogens (primary N) is 1. The van der Waals surface area contributed by atoms with Crippen molar-refractivity contribution in [1.82, 2.24) is 0 Å². The first-order valence-corrected chi connectivity index (χ1v) is 5.23. The van der Waals surface area contributed by atoms with Gasteiger partial charge in [0.15, 0.2) is 0 Å². The van der Waals surface area contributed by atoms with Crippen LogP contribution in [0.5, 0.6) is 0 Å². The molecule has 2 rings (SSSR count). The van der Waals surface area contributed by atoms with E-state index in [9.17, 15) is 4.79 Å². The number of fused-ring (bicyclic) bond motifs is 1. The Balaban J connectivity index is 2.72. The summed E-state index contributed by atoms with van der Waals surface area (Å²) in [5.41, 5.74) is 8.39. The van der Waals surface area contributed by atoms with Gasteiger partial charge in [0, 0.05) is 4.47 Å². The Bertz CT molecular complexity index is 415. The van der Waals surface area contributed by atoms with E-state index in [4.69, 9.17) is 10.8 Å². The monoisotopic (exact) mass is 255 g/mol. The molecule has 74 valence electrons. The predicted molar refractivity (Wildman–Crippen MR) is 57.5 cm³/mol. The lowest BCUT2D eigenvalue weighted by molar-refractivity contribution is 0.0697. The van der Waals surface area contributed by atoms with Crippen LogP contribution in [0.2, 0.25) is 0 Å². The largest absolute Gasteiger partial charge is 0.478 e. The molecule has 0 fully saturated rings. The summed E-state index contributed by atoms with van der Waals surface area (Å²) in [5, 5.41) is 9.05. The van der Waals surface area contributed by atoms with Crippen LogP contribution in [0.1, 0.15) is 27.9 Å². The van der Waals surface area contributed by atoms with E-state index in [1.54, 1.807) is 0 Å². The molecule has 0 heterocycles. The van der Waals surface area contributed by atoms with Gasteiger partial charge in [-0.05, 0) is 52.4 Å². The summed E-state index contributed by atoms with van der Waals surface area (Å²) in [4.78, 5) is 11.0. The number of carbonyl (C=O) groups is 1. The van der Waals surface area contributed by atoms with Gasteiger partial charge in [-0.15, -0.1) is 0 Å². The summed E-state index contributed by atoms with van der Waals surface area (Å²) in [5.74, 6) is -0.929. The Labute approximate surface area is 90.0 Å². The standard InChI is InChI=1S/C10H10BrNO2/c11-7-4-5-2-1-3-6(5)8(9(7)12)10(13)14/h4H,1-3,12H2,(H,13,14).